The second kappa shape index (κ2) is 11.1. The zero-order chi connectivity index (χ0) is 14.5. The van der Waals surface area contributed by atoms with E-state index < -0.39 is 0 Å². The van der Waals surface area contributed by atoms with E-state index in [-0.39, 0.29) is 5.75 Å². The van der Waals surface area contributed by atoms with E-state index in [1.807, 2.05) is 45.1 Å². The third-order valence-corrected chi connectivity index (χ3v) is 2.09. The highest BCUT2D eigenvalue weighted by molar-refractivity contribution is 5.64. The topological polar surface area (TPSA) is 46.5 Å². The van der Waals surface area contributed by atoms with Crippen molar-refractivity contribution in [3.05, 3.63) is 42.0 Å². The predicted octanol–water partition coefficient (Wildman–Crippen LogP) is 3.98. The highest BCUT2D eigenvalue weighted by Crippen LogP contribution is 2.27. The number of ether oxygens (including phenoxy) is 1. The molecule has 0 aliphatic rings. The number of hydrogen-bond acceptors (Lipinski definition) is 3. The maximum atomic E-state index is 9.49. The first-order valence-electron chi connectivity index (χ1n) is 6.38. The first kappa shape index (κ1) is 17.0. The van der Waals surface area contributed by atoms with Crippen molar-refractivity contribution in [3.63, 3.8) is 0 Å². The van der Waals surface area contributed by atoms with Crippen LogP contribution >= 0.6 is 0 Å². The van der Waals surface area contributed by atoms with Crippen LogP contribution in [0.2, 0.25) is 0 Å². The van der Waals surface area contributed by atoms with Crippen molar-refractivity contribution in [2.75, 3.05) is 6.61 Å². The molecular weight excluding hydrogens is 240 g/mol. The standard InChI is InChI=1S/C11H14O2.C5H8O/c1-3-5-9-6-7-11(13-4-2)10(12)8-9;1-2-3-4-5-6/h3,5-8,12H,4H2,1-2H3;3-5H,2H2,1H3/b5-3+;. The SMILES string of the molecule is C/C=C/c1ccc(OCC)c(O)c1.CCC=CC=O. The Balaban J connectivity index is 0.000000459. The number of benzene rings is 1. The maximum absolute atomic E-state index is 9.49. The van der Waals surface area contributed by atoms with Gasteiger partial charge in [0.25, 0.3) is 0 Å². The molecule has 0 atom stereocenters. The van der Waals surface area contributed by atoms with E-state index in [1.54, 1.807) is 12.1 Å². The third kappa shape index (κ3) is 7.82. The number of carbonyl (C=O) groups excluding carboxylic acids is 1. The zero-order valence-electron chi connectivity index (χ0n) is 11.8. The fourth-order valence-corrected chi connectivity index (χ4v) is 1.30. The molecule has 104 valence electrons. The number of phenols is 1. The van der Waals surface area contributed by atoms with Gasteiger partial charge in [0.1, 0.15) is 6.29 Å². The molecular formula is C16H22O3. The van der Waals surface area contributed by atoms with Gasteiger partial charge in [0, 0.05) is 0 Å². The molecule has 0 aliphatic carbocycles. The summed E-state index contributed by atoms with van der Waals surface area (Å²) in [6.45, 7) is 6.38. The van der Waals surface area contributed by atoms with Crippen molar-refractivity contribution in [1.82, 2.24) is 0 Å². The van der Waals surface area contributed by atoms with Crippen LogP contribution in [0, 0.1) is 0 Å². The highest BCUT2D eigenvalue weighted by Gasteiger charge is 2.00. The lowest BCUT2D eigenvalue weighted by Gasteiger charge is -2.05. The first-order valence-corrected chi connectivity index (χ1v) is 6.38. The normalized spacial score (nSPS) is 10.3. The van der Waals surface area contributed by atoms with E-state index in [0.29, 0.717) is 12.4 Å². The fraction of sp³-hybridized carbons (Fsp3) is 0.312. The van der Waals surface area contributed by atoms with Gasteiger partial charge in [-0.1, -0.05) is 31.2 Å². The molecule has 0 unspecified atom stereocenters. The quantitative estimate of drug-likeness (QED) is 0.645. The van der Waals surface area contributed by atoms with Gasteiger partial charge in [0.15, 0.2) is 11.5 Å². The summed E-state index contributed by atoms with van der Waals surface area (Å²) in [7, 11) is 0. The van der Waals surface area contributed by atoms with Crippen LogP contribution in [0.4, 0.5) is 0 Å². The minimum Gasteiger partial charge on any atom is -0.504 e. The average molecular weight is 262 g/mol. The van der Waals surface area contributed by atoms with Crippen molar-refractivity contribution in [2.45, 2.75) is 27.2 Å². The molecule has 1 N–H and O–H groups in total. The van der Waals surface area contributed by atoms with Gasteiger partial charge in [-0.2, -0.15) is 0 Å². The summed E-state index contributed by atoms with van der Waals surface area (Å²) >= 11 is 0. The van der Waals surface area contributed by atoms with Gasteiger partial charge < -0.3 is 9.84 Å². The molecule has 0 spiro atoms. The highest BCUT2D eigenvalue weighted by atomic mass is 16.5. The Kier molecular flexibility index (Phi) is 9.90. The summed E-state index contributed by atoms with van der Waals surface area (Å²) in [6, 6.07) is 5.36. The minimum atomic E-state index is 0.192. The lowest BCUT2D eigenvalue weighted by atomic mass is 10.2. The molecule has 0 saturated carbocycles. The van der Waals surface area contributed by atoms with Crippen molar-refractivity contribution in [2.24, 2.45) is 0 Å². The molecule has 0 heterocycles. The van der Waals surface area contributed by atoms with Gasteiger partial charge >= 0.3 is 0 Å². The summed E-state index contributed by atoms with van der Waals surface area (Å²) in [4.78, 5) is 9.48. The van der Waals surface area contributed by atoms with Crippen LogP contribution in [-0.4, -0.2) is 18.0 Å². The fourth-order valence-electron chi connectivity index (χ4n) is 1.30. The van der Waals surface area contributed by atoms with Gasteiger partial charge in [-0.3, -0.25) is 4.79 Å². The van der Waals surface area contributed by atoms with Crippen LogP contribution in [0.5, 0.6) is 11.5 Å². The largest absolute Gasteiger partial charge is 0.504 e. The molecule has 1 aromatic rings. The van der Waals surface area contributed by atoms with Crippen LogP contribution in [0.3, 0.4) is 0 Å². The minimum absolute atomic E-state index is 0.192. The van der Waals surface area contributed by atoms with E-state index in [4.69, 9.17) is 4.74 Å². The number of rotatable bonds is 5. The van der Waals surface area contributed by atoms with Crippen LogP contribution in [-0.2, 0) is 4.79 Å². The van der Waals surface area contributed by atoms with Gasteiger partial charge in [0.2, 0.25) is 0 Å². The Hall–Kier alpha value is -2.03. The summed E-state index contributed by atoms with van der Waals surface area (Å²) in [6.07, 6.45) is 8.89. The lowest BCUT2D eigenvalue weighted by Crippen LogP contribution is -1.91. The molecule has 3 nitrogen and oxygen atoms in total. The Morgan fingerprint density at radius 1 is 1.32 bits per heavy atom. The maximum Gasteiger partial charge on any atom is 0.160 e. The third-order valence-electron chi connectivity index (χ3n) is 2.09. The Morgan fingerprint density at radius 3 is 2.47 bits per heavy atom. The molecule has 3 heteroatoms. The van der Waals surface area contributed by atoms with Gasteiger partial charge in [-0.15, -0.1) is 0 Å². The molecule has 0 aliphatic heterocycles. The van der Waals surface area contributed by atoms with Gasteiger partial charge in [0.05, 0.1) is 6.61 Å². The van der Waals surface area contributed by atoms with Crippen LogP contribution in [0.1, 0.15) is 32.8 Å². The smallest absolute Gasteiger partial charge is 0.160 e. The summed E-state index contributed by atoms with van der Waals surface area (Å²) in [5.41, 5.74) is 0.975. The van der Waals surface area contributed by atoms with E-state index >= 15 is 0 Å². The summed E-state index contributed by atoms with van der Waals surface area (Å²) < 4.78 is 5.20. The van der Waals surface area contributed by atoms with Gasteiger partial charge in [-0.25, -0.2) is 0 Å². The number of hydrogen-bond donors (Lipinski definition) is 1. The number of aromatic hydroxyl groups is 1. The van der Waals surface area contributed by atoms with Crippen LogP contribution in [0.15, 0.2) is 36.4 Å². The second-order valence-electron chi connectivity index (χ2n) is 3.63. The first-order chi connectivity index (χ1) is 9.19. The van der Waals surface area contributed by atoms with E-state index in [9.17, 15) is 9.90 Å². The molecule has 0 saturated heterocycles. The lowest BCUT2D eigenvalue weighted by molar-refractivity contribution is -0.104. The van der Waals surface area contributed by atoms with Gasteiger partial charge in [-0.05, 0) is 44.0 Å². The van der Waals surface area contributed by atoms with Crippen LogP contribution in [0.25, 0.3) is 6.08 Å². The van der Waals surface area contributed by atoms with Crippen molar-refractivity contribution >= 4 is 12.4 Å². The molecule has 1 aromatic carbocycles. The number of carbonyl (C=O) groups is 1. The predicted molar refractivity (Wildman–Crippen MR) is 79.5 cm³/mol. The molecule has 0 fully saturated rings. The molecule has 19 heavy (non-hydrogen) atoms. The Labute approximate surface area is 115 Å². The molecule has 0 radical (unpaired) electrons. The number of allylic oxidation sites excluding steroid dienone is 3. The van der Waals surface area contributed by atoms with Crippen molar-refractivity contribution in [1.29, 1.82) is 0 Å². The second-order valence-corrected chi connectivity index (χ2v) is 3.63. The Bertz CT molecular complexity index is 420. The van der Waals surface area contributed by atoms with E-state index in [0.717, 1.165) is 18.3 Å². The number of phenolic OH excluding ortho intramolecular Hbond substituents is 1. The average Bonchev–Trinajstić information content (AvgIpc) is 2.41. The molecule has 0 aromatic heterocycles. The zero-order valence-corrected chi connectivity index (χ0v) is 11.8. The van der Waals surface area contributed by atoms with Crippen molar-refractivity contribution < 1.29 is 14.6 Å². The Morgan fingerprint density at radius 2 is 2.05 bits per heavy atom. The number of aldehydes is 1. The molecule has 0 amide bonds. The van der Waals surface area contributed by atoms with Crippen molar-refractivity contribution in [3.8, 4) is 11.5 Å². The van der Waals surface area contributed by atoms with Crippen LogP contribution < -0.4 is 4.74 Å². The van der Waals surface area contributed by atoms with E-state index in [1.165, 1.54) is 6.08 Å². The molecule has 0 bridgehead atoms. The summed E-state index contributed by atoms with van der Waals surface area (Å²) in [5, 5.41) is 9.49. The monoisotopic (exact) mass is 262 g/mol. The van der Waals surface area contributed by atoms with E-state index in [2.05, 4.69) is 0 Å². The molecule has 1 rings (SSSR count). The summed E-state index contributed by atoms with van der Waals surface area (Å²) in [5.74, 6) is 0.730.